The number of benzene rings is 4. The van der Waals surface area contributed by atoms with Crippen LogP contribution in [0.2, 0.25) is 20.1 Å². The highest BCUT2D eigenvalue weighted by atomic mass is 35.5. The van der Waals surface area contributed by atoms with Gasteiger partial charge in [0.25, 0.3) is 11.8 Å². The summed E-state index contributed by atoms with van der Waals surface area (Å²) in [6, 6.07) is 28.9. The van der Waals surface area contributed by atoms with Gasteiger partial charge in [-0.15, -0.1) is 0 Å². The smallest absolute Gasteiger partial charge is 0.280 e. The van der Waals surface area contributed by atoms with E-state index in [0.717, 1.165) is 79.0 Å². The minimum atomic E-state index is -0.375. The summed E-state index contributed by atoms with van der Waals surface area (Å²) in [5.74, 6) is 1.40. The Morgan fingerprint density at radius 2 is 0.910 bits per heavy atom. The van der Waals surface area contributed by atoms with E-state index in [0.29, 0.717) is 89.4 Å². The molecule has 2 aromatic heterocycles. The first-order valence-electron chi connectivity index (χ1n) is 22.3. The molecule has 0 saturated heterocycles. The summed E-state index contributed by atoms with van der Waals surface area (Å²) in [5.41, 5.74) is 6.95. The molecule has 3 N–H and O–H groups in total. The first-order valence-corrected chi connectivity index (χ1v) is 26.3. The molecule has 0 bridgehead atoms. The minimum Gasteiger partial charge on any atom is -0.494 e. The van der Waals surface area contributed by atoms with E-state index in [2.05, 4.69) is 31.1 Å². The van der Waals surface area contributed by atoms with Crippen LogP contribution in [0, 0.1) is 0 Å². The van der Waals surface area contributed by atoms with Gasteiger partial charge in [-0.25, -0.2) is 9.98 Å². The van der Waals surface area contributed by atoms with Gasteiger partial charge in [-0.1, -0.05) is 117 Å². The van der Waals surface area contributed by atoms with E-state index in [1.54, 1.807) is 48.5 Å². The number of carbonyl (C=O) groups is 2. The van der Waals surface area contributed by atoms with E-state index < -0.39 is 0 Å². The molecule has 348 valence electrons. The number of fused-ring (bicyclic) bond motifs is 2. The minimum absolute atomic E-state index is 0.0391. The number of halogens is 4. The van der Waals surface area contributed by atoms with Crippen LogP contribution >= 0.6 is 68.0 Å². The summed E-state index contributed by atoms with van der Waals surface area (Å²) >= 11 is 24.7. The quantitative estimate of drug-likeness (QED) is 0.0376. The van der Waals surface area contributed by atoms with Crippen molar-refractivity contribution in [1.82, 2.24) is 9.13 Å². The number of amides is 2. The molecule has 8 rings (SSSR count). The Morgan fingerprint density at radius 1 is 0.522 bits per heavy atom. The number of carbonyl (C=O) groups excluding carboxylic acids is 2. The molecule has 2 aliphatic heterocycles. The Bertz CT molecular complexity index is 2840. The van der Waals surface area contributed by atoms with Gasteiger partial charge >= 0.3 is 0 Å². The van der Waals surface area contributed by atoms with Crippen LogP contribution in [0.3, 0.4) is 0 Å². The van der Waals surface area contributed by atoms with E-state index in [4.69, 9.17) is 46.4 Å². The Labute approximate surface area is 419 Å². The molecule has 0 spiro atoms. The second kappa shape index (κ2) is 21.4. The summed E-state index contributed by atoms with van der Waals surface area (Å²) in [6.45, 7) is 5.12. The number of hydrogen-bond donors (Lipinski definition) is 3. The lowest BCUT2D eigenvalue weighted by Crippen LogP contribution is -3.09. The van der Waals surface area contributed by atoms with Crippen molar-refractivity contribution in [3.05, 3.63) is 151 Å². The van der Waals surface area contributed by atoms with Gasteiger partial charge in [0.1, 0.15) is 0 Å². The molecule has 1 unspecified atom stereocenters. The van der Waals surface area contributed by atoms with Crippen molar-refractivity contribution in [2.45, 2.75) is 38.8 Å². The fourth-order valence-electron chi connectivity index (χ4n) is 8.75. The number of quaternary nitrogens is 2. The van der Waals surface area contributed by atoms with Gasteiger partial charge in [-0.05, 0) is 85.3 Å². The number of aliphatic imine (C=N–C) groups is 2. The third kappa shape index (κ3) is 11.0. The largest absolute Gasteiger partial charge is 0.494 e. The maximum Gasteiger partial charge on any atom is 0.280 e. The van der Waals surface area contributed by atoms with E-state index in [-0.39, 0.29) is 23.6 Å². The van der Waals surface area contributed by atoms with Crippen LogP contribution in [0.15, 0.2) is 107 Å². The van der Waals surface area contributed by atoms with Crippen molar-refractivity contribution in [1.29, 1.82) is 0 Å². The molecular formula is C51H52Cl4N6O4S2+2. The number of hydrogen-bond acceptors (Lipinski definition) is 6. The number of aromatic hydroxyl groups is 2. The fourth-order valence-corrected chi connectivity index (χ4v) is 11.7. The normalized spacial score (nSPS) is 13.8. The van der Waals surface area contributed by atoms with Gasteiger partial charge in [-0.2, -0.15) is 0 Å². The zero-order valence-electron chi connectivity index (χ0n) is 37.5. The average molecular weight is 1020 g/mol. The van der Waals surface area contributed by atoms with Crippen LogP contribution in [0.25, 0.3) is 22.5 Å². The lowest BCUT2D eigenvalue weighted by Gasteiger charge is -2.29. The van der Waals surface area contributed by atoms with Crippen molar-refractivity contribution in [3.63, 3.8) is 0 Å². The van der Waals surface area contributed by atoms with Crippen molar-refractivity contribution < 1.29 is 29.2 Å². The molecule has 10 nitrogen and oxygen atoms in total. The van der Waals surface area contributed by atoms with Gasteiger partial charge in [0.2, 0.25) is 11.8 Å². The Hall–Kier alpha value is -4.50. The maximum absolute atomic E-state index is 13.4. The van der Waals surface area contributed by atoms with Crippen LogP contribution in [0.4, 0.5) is 0 Å². The molecule has 0 fully saturated rings. The zero-order valence-corrected chi connectivity index (χ0v) is 42.2. The molecule has 2 amide bonds. The maximum atomic E-state index is 13.4. The summed E-state index contributed by atoms with van der Waals surface area (Å²) < 4.78 is 4.59. The molecule has 67 heavy (non-hydrogen) atoms. The van der Waals surface area contributed by atoms with Crippen LogP contribution in [-0.4, -0.2) is 106 Å². The number of aromatic nitrogens is 2. The van der Waals surface area contributed by atoms with Crippen molar-refractivity contribution in [3.8, 4) is 34.3 Å². The summed E-state index contributed by atoms with van der Waals surface area (Å²) in [6.07, 6.45) is 3.54. The van der Waals surface area contributed by atoms with Crippen LogP contribution in [-0.2, 0) is 13.1 Å². The molecule has 4 heterocycles. The molecular weight excluding hydrogens is 967 g/mol. The standard InChI is InChI=1S/C51H50Cl4N6O4S2/c1-58(24-4-5-25-59-46(34-12-20-38(54)21-13-34)42-40(50(59)64)44(56-48(42)62)32-8-16-36(52)17-9-32)27-30-66-67-31-29-61(2,3)28-7-6-26-60-47(35-14-22-39(55)23-15-35)43-41(51(60)65)45(57-49(43)63)33-10-18-37(53)19-11-33/h8-23H,4-7,24-31H2,1-3H3,(H-,56,57,62,63,64,65)/p+2. The topological polar surface area (TPSA) is 114 Å². The van der Waals surface area contributed by atoms with E-state index in [1.807, 2.05) is 79.3 Å². The number of unbranched alkanes of at least 4 members (excludes halogenated alkanes) is 2. The summed E-state index contributed by atoms with van der Waals surface area (Å²) in [7, 11) is 10.6. The molecule has 0 aliphatic carbocycles. The molecule has 4 aromatic carbocycles. The number of nitrogens with one attached hydrogen (secondary N) is 1. The monoisotopic (exact) mass is 1020 g/mol. The van der Waals surface area contributed by atoms with Gasteiger partial charge in [-0.3, -0.25) is 9.59 Å². The second-order valence-electron chi connectivity index (χ2n) is 17.6. The highest BCUT2D eigenvalue weighted by Gasteiger charge is 2.37. The molecule has 6 aromatic rings. The Kier molecular flexibility index (Phi) is 15.7. The number of nitrogens with zero attached hydrogens (tertiary/aromatic N) is 5. The lowest BCUT2D eigenvalue weighted by atomic mass is 10.0. The Balaban J connectivity index is 0.786. The molecule has 1 atom stereocenters. The third-order valence-electron chi connectivity index (χ3n) is 12.4. The number of rotatable bonds is 21. The molecule has 0 radical (unpaired) electrons. The molecule has 16 heteroatoms. The zero-order chi connectivity index (χ0) is 47.4. The van der Waals surface area contributed by atoms with E-state index in [1.165, 1.54) is 4.90 Å². The molecule has 2 aliphatic rings. The first-order chi connectivity index (χ1) is 32.2. The van der Waals surface area contributed by atoms with E-state index in [9.17, 15) is 19.8 Å². The Morgan fingerprint density at radius 3 is 1.34 bits per heavy atom. The highest BCUT2D eigenvalue weighted by molar-refractivity contribution is 8.76. The predicted octanol–water partition coefficient (Wildman–Crippen LogP) is 10.9. The lowest BCUT2D eigenvalue weighted by molar-refractivity contribution is -0.888. The average Bonchev–Trinajstić information content (AvgIpc) is 4.01. The van der Waals surface area contributed by atoms with Gasteiger partial charge in [0.05, 0.1) is 104 Å². The SMILES string of the molecule is C[NH+](CCCCn1c(O)c2c(c1-c1ccc(Cl)cc1)C(=O)N=C2c1ccc(Cl)cc1)CCSSCC[N+](C)(C)CCCCn1c(O)c2c(c1-c1ccc(Cl)cc1)C(=O)N=C2c1ccc(Cl)cc1. The van der Waals surface area contributed by atoms with E-state index >= 15 is 0 Å². The van der Waals surface area contributed by atoms with Crippen molar-refractivity contribution in [2.24, 2.45) is 9.98 Å². The predicted molar refractivity (Wildman–Crippen MR) is 278 cm³/mol. The molecule has 0 saturated carbocycles. The van der Waals surface area contributed by atoms with Crippen molar-refractivity contribution in [2.75, 3.05) is 58.8 Å². The summed E-state index contributed by atoms with van der Waals surface area (Å²) in [4.78, 5) is 37.0. The van der Waals surface area contributed by atoms with Crippen LogP contribution in [0.1, 0.15) is 68.7 Å². The van der Waals surface area contributed by atoms with Crippen molar-refractivity contribution >= 4 is 91.2 Å². The first kappa shape index (κ1) is 48.9. The van der Waals surface area contributed by atoms with Crippen LogP contribution < -0.4 is 4.90 Å². The summed E-state index contributed by atoms with van der Waals surface area (Å²) in [5, 5.41) is 25.7. The van der Waals surface area contributed by atoms with Crippen LogP contribution in [0.5, 0.6) is 11.8 Å². The van der Waals surface area contributed by atoms with Gasteiger partial charge in [0, 0.05) is 44.3 Å². The van der Waals surface area contributed by atoms with Gasteiger partial charge in [0.15, 0.2) is 0 Å². The third-order valence-corrected chi connectivity index (χ3v) is 15.8. The second-order valence-corrected chi connectivity index (χ2v) is 22.1. The fraction of sp³-hybridized carbons (Fsp3) is 0.294. The highest BCUT2D eigenvalue weighted by Crippen LogP contribution is 2.43. The van der Waals surface area contributed by atoms with Gasteiger partial charge < -0.3 is 28.7 Å².